The van der Waals surface area contributed by atoms with Crippen LogP contribution in [-0.4, -0.2) is 61.8 Å². The molecule has 2 amide bonds. The zero-order valence-electron chi connectivity index (χ0n) is 14.9. The van der Waals surface area contributed by atoms with Gasteiger partial charge in [-0.3, -0.25) is 9.80 Å². The molecule has 0 spiro atoms. The number of amides is 2. The third kappa shape index (κ3) is 5.11. The van der Waals surface area contributed by atoms with Crippen LogP contribution < -0.4 is 10.6 Å². The number of halogens is 3. The third-order valence-electron chi connectivity index (χ3n) is 4.99. The first-order chi connectivity index (χ1) is 12.3. The molecule has 2 atom stereocenters. The summed E-state index contributed by atoms with van der Waals surface area (Å²) in [5.74, 6) is 0.0596. The van der Waals surface area contributed by atoms with Crippen molar-refractivity contribution in [2.75, 3.05) is 39.8 Å². The number of hydrogen-bond donors (Lipinski definition) is 2. The summed E-state index contributed by atoms with van der Waals surface area (Å²) in [7, 11) is 2.01. The Morgan fingerprint density at radius 1 is 1.27 bits per heavy atom. The number of hydrogen-bond acceptors (Lipinski definition) is 3. The molecular formula is C18H25F3N4O. The summed E-state index contributed by atoms with van der Waals surface area (Å²) in [5.41, 5.74) is 2.32. The maximum absolute atomic E-state index is 12.4. The van der Waals surface area contributed by atoms with Crippen molar-refractivity contribution in [1.82, 2.24) is 20.4 Å². The quantitative estimate of drug-likeness (QED) is 0.856. The number of rotatable bonds is 4. The second-order valence-electron chi connectivity index (χ2n) is 7.31. The highest BCUT2D eigenvalue weighted by Crippen LogP contribution is 2.25. The first-order valence-corrected chi connectivity index (χ1v) is 8.90. The van der Waals surface area contributed by atoms with Gasteiger partial charge in [0.25, 0.3) is 0 Å². The molecule has 1 aromatic carbocycles. The molecule has 2 aliphatic rings. The number of fused-ring (bicyclic) bond motifs is 1. The zero-order valence-corrected chi connectivity index (χ0v) is 14.9. The molecule has 3 rings (SSSR count). The minimum atomic E-state index is -4.17. The van der Waals surface area contributed by atoms with Gasteiger partial charge in [0.1, 0.15) is 0 Å². The molecule has 0 aromatic heterocycles. The van der Waals surface area contributed by atoms with Crippen molar-refractivity contribution in [3.8, 4) is 0 Å². The molecule has 1 aromatic rings. The molecular weight excluding hydrogens is 345 g/mol. The van der Waals surface area contributed by atoms with Gasteiger partial charge in [-0.2, -0.15) is 13.2 Å². The number of nitrogens with zero attached hydrogens (tertiary/aromatic N) is 2. The van der Waals surface area contributed by atoms with Crippen LogP contribution in [0.2, 0.25) is 0 Å². The van der Waals surface area contributed by atoms with E-state index < -0.39 is 12.7 Å². The van der Waals surface area contributed by atoms with Crippen molar-refractivity contribution in [2.24, 2.45) is 5.92 Å². The topological polar surface area (TPSA) is 47.6 Å². The number of benzene rings is 1. The SMILES string of the molecule is CN1Cc2ccccc2C(NC(=O)NCC2CCN(CC(F)(F)F)C2)C1. The van der Waals surface area contributed by atoms with Gasteiger partial charge >= 0.3 is 12.2 Å². The Kier molecular flexibility index (Phi) is 5.72. The standard InChI is InChI=1S/C18H25F3N4O/c1-24-10-14-4-2-3-5-15(14)16(11-24)23-17(26)22-8-13-6-7-25(9-13)12-18(19,20)21/h2-5,13,16H,6-12H2,1H3,(H2,22,23,26). The fraction of sp³-hybridized carbons (Fsp3) is 0.611. The lowest BCUT2D eigenvalue weighted by molar-refractivity contribution is -0.143. The van der Waals surface area contributed by atoms with Gasteiger partial charge in [0.15, 0.2) is 0 Å². The predicted octanol–water partition coefficient (Wildman–Crippen LogP) is 2.36. The fourth-order valence-electron chi connectivity index (χ4n) is 3.83. The molecule has 5 nitrogen and oxygen atoms in total. The van der Waals surface area contributed by atoms with E-state index in [9.17, 15) is 18.0 Å². The maximum atomic E-state index is 12.4. The van der Waals surface area contributed by atoms with Crippen LogP contribution in [-0.2, 0) is 6.54 Å². The van der Waals surface area contributed by atoms with Gasteiger partial charge in [-0.05, 0) is 37.1 Å². The van der Waals surface area contributed by atoms with Crippen LogP contribution >= 0.6 is 0 Å². The Labute approximate surface area is 151 Å². The van der Waals surface area contributed by atoms with Gasteiger partial charge < -0.3 is 10.6 Å². The molecule has 26 heavy (non-hydrogen) atoms. The number of nitrogens with one attached hydrogen (secondary N) is 2. The molecule has 144 valence electrons. The number of carbonyl (C=O) groups excluding carboxylic acids is 1. The van der Waals surface area contributed by atoms with Crippen LogP contribution in [0.4, 0.5) is 18.0 Å². The summed E-state index contributed by atoms with van der Waals surface area (Å²) in [6.45, 7) is 1.90. The molecule has 2 heterocycles. The van der Waals surface area contributed by atoms with E-state index >= 15 is 0 Å². The molecule has 2 unspecified atom stereocenters. The second-order valence-corrected chi connectivity index (χ2v) is 7.31. The average Bonchev–Trinajstić information content (AvgIpc) is 2.98. The fourth-order valence-corrected chi connectivity index (χ4v) is 3.83. The van der Waals surface area contributed by atoms with E-state index in [2.05, 4.69) is 21.6 Å². The third-order valence-corrected chi connectivity index (χ3v) is 4.99. The number of alkyl halides is 3. The highest BCUT2D eigenvalue weighted by molar-refractivity contribution is 5.74. The Morgan fingerprint density at radius 2 is 2.04 bits per heavy atom. The average molecular weight is 370 g/mol. The van der Waals surface area contributed by atoms with Gasteiger partial charge in [0, 0.05) is 26.2 Å². The van der Waals surface area contributed by atoms with E-state index in [0.717, 1.165) is 18.7 Å². The summed E-state index contributed by atoms with van der Waals surface area (Å²) in [6, 6.07) is 7.68. The first kappa shape index (κ1) is 19.0. The highest BCUT2D eigenvalue weighted by atomic mass is 19.4. The van der Waals surface area contributed by atoms with Gasteiger partial charge in [-0.25, -0.2) is 4.79 Å². The summed E-state index contributed by atoms with van der Waals surface area (Å²) in [6.07, 6.45) is -3.49. The lowest BCUT2D eigenvalue weighted by atomic mass is 9.96. The van der Waals surface area contributed by atoms with Crippen LogP contribution in [0.25, 0.3) is 0 Å². The van der Waals surface area contributed by atoms with Crippen molar-refractivity contribution in [3.63, 3.8) is 0 Å². The predicted molar refractivity (Wildman–Crippen MR) is 92.7 cm³/mol. The van der Waals surface area contributed by atoms with Crippen molar-refractivity contribution in [2.45, 2.75) is 25.2 Å². The molecule has 1 fully saturated rings. The summed E-state index contributed by atoms with van der Waals surface area (Å²) >= 11 is 0. The van der Waals surface area contributed by atoms with Gasteiger partial charge in [0.05, 0.1) is 12.6 Å². The largest absolute Gasteiger partial charge is 0.401 e. The number of urea groups is 1. The normalized spacial score (nSPS) is 24.3. The molecule has 0 aliphatic carbocycles. The van der Waals surface area contributed by atoms with E-state index in [-0.39, 0.29) is 18.0 Å². The molecule has 2 aliphatic heterocycles. The molecule has 0 radical (unpaired) electrons. The highest BCUT2D eigenvalue weighted by Gasteiger charge is 2.34. The van der Waals surface area contributed by atoms with Gasteiger partial charge in [-0.15, -0.1) is 0 Å². The molecule has 0 saturated carbocycles. The van der Waals surface area contributed by atoms with Crippen molar-refractivity contribution in [3.05, 3.63) is 35.4 Å². The molecule has 1 saturated heterocycles. The molecule has 0 bridgehead atoms. The van der Waals surface area contributed by atoms with Crippen LogP contribution in [0, 0.1) is 5.92 Å². The lowest BCUT2D eigenvalue weighted by Gasteiger charge is -2.32. The number of carbonyl (C=O) groups is 1. The lowest BCUT2D eigenvalue weighted by Crippen LogP contribution is -2.45. The van der Waals surface area contributed by atoms with Crippen molar-refractivity contribution >= 4 is 6.03 Å². The first-order valence-electron chi connectivity index (χ1n) is 8.90. The minimum Gasteiger partial charge on any atom is -0.338 e. The Bertz CT molecular complexity index is 637. The molecule has 2 N–H and O–H groups in total. The van der Waals surface area contributed by atoms with E-state index in [0.29, 0.717) is 26.1 Å². The Morgan fingerprint density at radius 3 is 2.81 bits per heavy atom. The van der Waals surface area contributed by atoms with Crippen LogP contribution in [0.1, 0.15) is 23.6 Å². The molecule has 8 heteroatoms. The van der Waals surface area contributed by atoms with Gasteiger partial charge in [-0.1, -0.05) is 24.3 Å². The van der Waals surface area contributed by atoms with Crippen LogP contribution in [0.5, 0.6) is 0 Å². The van der Waals surface area contributed by atoms with Crippen LogP contribution in [0.3, 0.4) is 0 Å². The Hall–Kier alpha value is -1.80. The van der Waals surface area contributed by atoms with E-state index in [1.54, 1.807) is 0 Å². The van der Waals surface area contributed by atoms with E-state index in [1.807, 2.05) is 25.2 Å². The summed E-state index contributed by atoms with van der Waals surface area (Å²) in [4.78, 5) is 15.8. The van der Waals surface area contributed by atoms with Crippen molar-refractivity contribution in [1.29, 1.82) is 0 Å². The summed E-state index contributed by atoms with van der Waals surface area (Å²) < 4.78 is 37.3. The monoisotopic (exact) mass is 370 g/mol. The van der Waals surface area contributed by atoms with Gasteiger partial charge in [0.2, 0.25) is 0 Å². The minimum absolute atomic E-state index is 0.0596. The van der Waals surface area contributed by atoms with Crippen LogP contribution in [0.15, 0.2) is 24.3 Å². The number of likely N-dealkylation sites (tertiary alicyclic amines) is 1. The second kappa shape index (κ2) is 7.84. The van der Waals surface area contributed by atoms with E-state index in [4.69, 9.17) is 0 Å². The smallest absolute Gasteiger partial charge is 0.338 e. The van der Waals surface area contributed by atoms with E-state index in [1.165, 1.54) is 10.5 Å². The Balaban J connectivity index is 1.47. The van der Waals surface area contributed by atoms with Crippen molar-refractivity contribution < 1.29 is 18.0 Å². The maximum Gasteiger partial charge on any atom is 0.401 e. The zero-order chi connectivity index (χ0) is 18.7. The number of likely N-dealkylation sites (N-methyl/N-ethyl adjacent to an activating group) is 1. The summed E-state index contributed by atoms with van der Waals surface area (Å²) in [5, 5.41) is 5.82.